The molecule has 32 heavy (non-hydrogen) atoms. The van der Waals surface area contributed by atoms with Gasteiger partial charge in [0.05, 0.1) is 5.39 Å². The second-order valence-electron chi connectivity index (χ2n) is 6.89. The van der Waals surface area contributed by atoms with Gasteiger partial charge in [0.2, 0.25) is 21.4 Å². The van der Waals surface area contributed by atoms with E-state index in [4.69, 9.17) is 5.11 Å². The lowest BCUT2D eigenvalue weighted by Crippen LogP contribution is -2.24. The average molecular weight is 536 g/mol. The molecule has 15 heteroatoms. The van der Waals surface area contributed by atoms with E-state index in [1.54, 1.807) is 0 Å². The number of carboxylic acid groups (broad SMARTS) is 1. The molecule has 3 aromatic rings. The Balaban J connectivity index is 2.15. The summed E-state index contributed by atoms with van der Waals surface area (Å²) in [6.07, 6.45) is 1.07. The molecule has 1 aliphatic carbocycles. The van der Waals surface area contributed by atoms with Gasteiger partial charge in [-0.25, -0.2) is 4.79 Å². The Hall–Kier alpha value is -3.20. The van der Waals surface area contributed by atoms with Gasteiger partial charge in [0.15, 0.2) is 23.0 Å². The van der Waals surface area contributed by atoms with E-state index in [0.29, 0.717) is 17.4 Å². The van der Waals surface area contributed by atoms with Crippen LogP contribution in [0.5, 0.6) is 34.5 Å². The third-order valence-electron chi connectivity index (χ3n) is 4.88. The fourth-order valence-corrected chi connectivity index (χ4v) is 4.53. The zero-order valence-electron chi connectivity index (χ0n) is 15.4. The minimum atomic E-state index is -4.38. The summed E-state index contributed by atoms with van der Waals surface area (Å²) < 4.78 is 28.0. The number of halogens is 3. The molecule has 170 valence electrons. The van der Waals surface area contributed by atoms with Crippen molar-refractivity contribution in [3.8, 4) is 40.2 Å². The molecule has 0 atom stereocenters. The summed E-state index contributed by atoms with van der Waals surface area (Å²) in [4.78, 5) is 10.9. The van der Waals surface area contributed by atoms with Gasteiger partial charge >= 0.3 is 11.2 Å². The molecule has 0 radical (unpaired) electrons. The minimum Gasteiger partial charge on any atom is -0.504 e. The van der Waals surface area contributed by atoms with Crippen molar-refractivity contribution in [2.24, 2.45) is 0 Å². The Labute approximate surface area is 188 Å². The molecular formula is C17H12BrF2N3O8S. The fourth-order valence-electron chi connectivity index (χ4n) is 3.32. The molecule has 0 saturated heterocycles. The van der Waals surface area contributed by atoms with E-state index in [-0.39, 0.29) is 21.6 Å². The first-order valence-corrected chi connectivity index (χ1v) is 10.3. The number of aromatic nitrogens is 3. The largest absolute Gasteiger partial charge is 0.504 e. The third-order valence-corrected chi connectivity index (χ3v) is 6.27. The average Bonchev–Trinajstić information content (AvgIpc) is 3.50. The van der Waals surface area contributed by atoms with E-state index in [1.165, 1.54) is 0 Å². The van der Waals surface area contributed by atoms with Crippen LogP contribution in [0.2, 0.25) is 0 Å². The number of hydrogen-bond donors (Lipinski definition) is 7. The molecule has 4 rings (SSSR count). The lowest BCUT2D eigenvalue weighted by molar-refractivity contribution is -0.152. The Kier molecular flexibility index (Phi) is 4.93. The number of aromatic hydroxyl groups is 6. The highest BCUT2D eigenvalue weighted by atomic mass is 79.9. The summed E-state index contributed by atoms with van der Waals surface area (Å²) in [6.45, 7) is 0. The highest BCUT2D eigenvalue weighted by molar-refractivity contribution is 9.10. The van der Waals surface area contributed by atoms with Gasteiger partial charge < -0.3 is 35.7 Å². The minimum absolute atomic E-state index is 0.0429. The summed E-state index contributed by atoms with van der Waals surface area (Å²) in [5.41, 5.74) is -0.704. The van der Waals surface area contributed by atoms with Crippen LogP contribution in [0.4, 0.5) is 8.78 Å². The monoisotopic (exact) mass is 535 g/mol. The number of nitrogens with zero attached hydrogens (tertiary/aromatic N) is 3. The van der Waals surface area contributed by atoms with Crippen molar-refractivity contribution in [1.29, 1.82) is 0 Å². The number of aliphatic carboxylic acids is 1. The number of hydrogen-bond acceptors (Lipinski definition) is 10. The van der Waals surface area contributed by atoms with Crippen LogP contribution >= 0.6 is 27.7 Å². The molecule has 2 aromatic carbocycles. The van der Waals surface area contributed by atoms with Gasteiger partial charge in [-0.3, -0.25) is 4.57 Å². The van der Waals surface area contributed by atoms with Crippen molar-refractivity contribution in [2.75, 3.05) is 0 Å². The summed E-state index contributed by atoms with van der Waals surface area (Å²) in [5, 5.41) is 72.1. The fraction of sp³-hybridized carbons (Fsp3) is 0.235. The van der Waals surface area contributed by atoms with Gasteiger partial charge in [0, 0.05) is 22.7 Å². The zero-order chi connectivity index (χ0) is 23.7. The highest BCUT2D eigenvalue weighted by Gasteiger charge is 2.43. The van der Waals surface area contributed by atoms with Gasteiger partial charge in [0.1, 0.15) is 5.69 Å². The first kappa shape index (κ1) is 22.0. The van der Waals surface area contributed by atoms with Crippen molar-refractivity contribution >= 4 is 44.4 Å². The smallest absolute Gasteiger partial charge is 0.395 e. The Morgan fingerprint density at radius 3 is 2.03 bits per heavy atom. The van der Waals surface area contributed by atoms with Crippen LogP contribution in [-0.2, 0) is 4.79 Å². The van der Waals surface area contributed by atoms with Crippen LogP contribution in [-0.4, -0.2) is 61.7 Å². The summed E-state index contributed by atoms with van der Waals surface area (Å²) in [5.74, 6) is -8.89. The van der Waals surface area contributed by atoms with Gasteiger partial charge in [-0.15, -0.1) is 10.2 Å². The number of alkyl halides is 2. The summed E-state index contributed by atoms with van der Waals surface area (Å²) in [6, 6.07) is 0. The maximum Gasteiger partial charge on any atom is 0.395 e. The molecule has 1 saturated carbocycles. The summed E-state index contributed by atoms with van der Waals surface area (Å²) in [7, 11) is 0. The standard InChI is InChI=1S/C17H12BrF2N3O8S/c18-15-21-22-16(32-17(19,20)14(30)31)23(15)7-6-5(9(25)12(28)13(29)10(6)26)4(3-1-2-3)8(24)11(7)27/h3,24-29H,1-2H2,(H,30,31). The zero-order valence-corrected chi connectivity index (χ0v) is 17.8. The maximum absolute atomic E-state index is 13.9. The van der Waals surface area contributed by atoms with Crippen molar-refractivity contribution in [2.45, 2.75) is 29.2 Å². The number of carboxylic acids is 1. The van der Waals surface area contributed by atoms with Gasteiger partial charge in [-0.05, 0) is 34.7 Å². The number of fused-ring (bicyclic) bond motifs is 1. The number of benzene rings is 2. The van der Waals surface area contributed by atoms with E-state index in [0.717, 1.165) is 0 Å². The predicted molar refractivity (Wildman–Crippen MR) is 107 cm³/mol. The van der Waals surface area contributed by atoms with Crippen LogP contribution in [0.1, 0.15) is 24.3 Å². The second kappa shape index (κ2) is 7.16. The molecule has 0 aliphatic heterocycles. The van der Waals surface area contributed by atoms with Crippen molar-refractivity contribution < 1.29 is 49.3 Å². The molecule has 0 unspecified atom stereocenters. The molecule has 1 fully saturated rings. The maximum atomic E-state index is 13.9. The predicted octanol–water partition coefficient (Wildman–Crippen LogP) is 3.06. The lowest BCUT2D eigenvalue weighted by Gasteiger charge is -2.20. The van der Waals surface area contributed by atoms with Crippen LogP contribution in [0.25, 0.3) is 16.5 Å². The number of carbonyl (C=O) groups is 1. The molecule has 1 aliphatic rings. The second-order valence-corrected chi connectivity index (χ2v) is 8.68. The lowest BCUT2D eigenvalue weighted by atomic mass is 9.95. The van der Waals surface area contributed by atoms with Crippen LogP contribution in [0.3, 0.4) is 0 Å². The van der Waals surface area contributed by atoms with E-state index in [2.05, 4.69) is 26.1 Å². The van der Waals surface area contributed by atoms with Crippen molar-refractivity contribution in [3.05, 3.63) is 10.3 Å². The number of phenolic OH excluding ortho intramolecular Hbond substituents is 6. The summed E-state index contributed by atoms with van der Waals surface area (Å²) >= 11 is 2.35. The Morgan fingerprint density at radius 1 is 0.938 bits per heavy atom. The quantitative estimate of drug-likeness (QED) is 0.144. The molecular weight excluding hydrogens is 524 g/mol. The van der Waals surface area contributed by atoms with Gasteiger partial charge in [-0.1, -0.05) is 0 Å². The number of thioether (sulfide) groups is 1. The third kappa shape index (κ3) is 3.10. The van der Waals surface area contributed by atoms with E-state index in [1.807, 2.05) is 0 Å². The van der Waals surface area contributed by atoms with E-state index in [9.17, 15) is 44.2 Å². The van der Waals surface area contributed by atoms with E-state index >= 15 is 0 Å². The first-order chi connectivity index (χ1) is 14.9. The molecule has 1 heterocycles. The highest BCUT2D eigenvalue weighted by Crippen LogP contribution is 2.60. The van der Waals surface area contributed by atoms with Crippen LogP contribution in [0.15, 0.2) is 9.89 Å². The molecule has 11 nitrogen and oxygen atoms in total. The topological polar surface area (TPSA) is 189 Å². The van der Waals surface area contributed by atoms with Gasteiger partial charge in [-0.2, -0.15) is 8.78 Å². The molecule has 1 aromatic heterocycles. The molecule has 0 amide bonds. The molecule has 0 spiro atoms. The van der Waals surface area contributed by atoms with Crippen LogP contribution in [0, 0.1) is 0 Å². The van der Waals surface area contributed by atoms with E-state index < -0.39 is 73.7 Å². The SMILES string of the molecule is O=C(O)C(F)(F)Sc1nnc(Br)n1-c1c(O)c(O)c(C2CC2)c2c(O)c(O)c(O)c(O)c12. The van der Waals surface area contributed by atoms with Crippen LogP contribution < -0.4 is 0 Å². The molecule has 0 bridgehead atoms. The van der Waals surface area contributed by atoms with Gasteiger partial charge in [0.25, 0.3) is 0 Å². The van der Waals surface area contributed by atoms with Crippen molar-refractivity contribution in [3.63, 3.8) is 0 Å². The van der Waals surface area contributed by atoms with Crippen molar-refractivity contribution in [1.82, 2.24) is 14.8 Å². The first-order valence-electron chi connectivity index (χ1n) is 8.67. The molecule has 7 N–H and O–H groups in total. The Bertz CT molecular complexity index is 1310. The Morgan fingerprint density at radius 2 is 1.50 bits per heavy atom. The normalized spacial score (nSPS) is 14.2. The number of phenols is 6. The number of rotatable bonds is 5.